The number of nitriles is 1. The van der Waals surface area contributed by atoms with Crippen LogP contribution in [0.4, 0.5) is 26.1 Å². The molecule has 2 aromatic heterocycles. The first-order valence-corrected chi connectivity index (χ1v) is 10.6. The van der Waals surface area contributed by atoms with Gasteiger partial charge in [-0.1, -0.05) is 0 Å². The number of carbonyl (C=O) groups excluding carboxylic acids is 2. The summed E-state index contributed by atoms with van der Waals surface area (Å²) in [5.41, 5.74) is -0.722. The monoisotopic (exact) mass is 457 g/mol. The molecule has 12 heteroatoms. The van der Waals surface area contributed by atoms with E-state index in [4.69, 9.17) is 4.74 Å². The average molecular weight is 457 g/mol. The third-order valence-corrected chi connectivity index (χ3v) is 6.27. The van der Waals surface area contributed by atoms with E-state index in [1.165, 1.54) is 12.3 Å². The molecule has 0 radical (unpaired) electrons. The molecule has 5 rings (SSSR count). The molecule has 2 N–H and O–H groups in total. The zero-order valence-corrected chi connectivity index (χ0v) is 17.5. The quantitative estimate of drug-likeness (QED) is 0.653. The molecule has 33 heavy (non-hydrogen) atoms. The molecule has 0 bridgehead atoms. The summed E-state index contributed by atoms with van der Waals surface area (Å²) in [7, 11) is 0. The Balaban J connectivity index is 1.35. The number of halogens is 2. The van der Waals surface area contributed by atoms with Gasteiger partial charge in [-0.15, -0.1) is 5.10 Å². The summed E-state index contributed by atoms with van der Waals surface area (Å²) in [5.74, 6) is -0.521. The number of ether oxygens (including phenoxy) is 1. The van der Waals surface area contributed by atoms with Crippen LogP contribution in [0, 0.1) is 22.7 Å². The number of rotatable bonds is 7. The highest BCUT2D eigenvalue weighted by Crippen LogP contribution is 2.51. The molecule has 4 heterocycles. The number of hydrogen-bond donors (Lipinski definition) is 2. The predicted octanol–water partition coefficient (Wildman–Crippen LogP) is 2.20. The normalized spacial score (nSPS) is 22.8. The molecule has 1 saturated carbocycles. The van der Waals surface area contributed by atoms with Crippen LogP contribution < -0.4 is 15.5 Å². The summed E-state index contributed by atoms with van der Waals surface area (Å²) >= 11 is 0. The molecule has 172 valence electrons. The van der Waals surface area contributed by atoms with Gasteiger partial charge >= 0.3 is 6.55 Å². The van der Waals surface area contributed by atoms with Crippen molar-refractivity contribution in [1.82, 2.24) is 20.1 Å². The fourth-order valence-electron chi connectivity index (χ4n) is 4.27. The molecule has 1 atom stereocenters. The highest BCUT2D eigenvalue weighted by Gasteiger charge is 2.56. The van der Waals surface area contributed by atoms with Crippen LogP contribution in [0.25, 0.3) is 0 Å². The fraction of sp³-hybridized carbons (Fsp3) is 0.476. The Hall–Kier alpha value is -3.59. The number of anilines is 3. The second-order valence-corrected chi connectivity index (χ2v) is 8.43. The van der Waals surface area contributed by atoms with Gasteiger partial charge in [0.1, 0.15) is 16.9 Å². The van der Waals surface area contributed by atoms with Gasteiger partial charge in [-0.2, -0.15) is 18.7 Å². The first-order chi connectivity index (χ1) is 15.9. The number of hydrogen-bond acceptors (Lipinski definition) is 7. The van der Waals surface area contributed by atoms with Gasteiger partial charge < -0.3 is 20.3 Å². The lowest BCUT2D eigenvalue weighted by Crippen LogP contribution is -2.49. The van der Waals surface area contributed by atoms with E-state index in [9.17, 15) is 23.6 Å². The Morgan fingerprint density at radius 3 is 2.73 bits per heavy atom. The van der Waals surface area contributed by atoms with Crippen molar-refractivity contribution in [2.75, 3.05) is 30.0 Å². The largest absolute Gasteiger partial charge is 0.377 e. The van der Waals surface area contributed by atoms with Crippen molar-refractivity contribution in [3.05, 3.63) is 30.1 Å². The first-order valence-electron chi connectivity index (χ1n) is 10.6. The molecule has 3 fully saturated rings. The number of alkyl halides is 2. The summed E-state index contributed by atoms with van der Waals surface area (Å²) in [5, 5.41) is 18.9. The Kier molecular flexibility index (Phi) is 5.20. The van der Waals surface area contributed by atoms with Crippen LogP contribution in [0.1, 0.15) is 36.3 Å². The van der Waals surface area contributed by atoms with Crippen molar-refractivity contribution in [3.63, 3.8) is 0 Å². The van der Waals surface area contributed by atoms with Crippen molar-refractivity contribution in [3.8, 4) is 6.07 Å². The molecule has 0 unspecified atom stereocenters. The van der Waals surface area contributed by atoms with E-state index >= 15 is 0 Å². The van der Waals surface area contributed by atoms with Crippen molar-refractivity contribution in [2.24, 2.45) is 11.3 Å². The van der Waals surface area contributed by atoms with Crippen LogP contribution in [0.3, 0.4) is 0 Å². The van der Waals surface area contributed by atoms with Crippen LogP contribution in [0.2, 0.25) is 0 Å². The Labute approximate surface area is 187 Å². The second-order valence-electron chi connectivity index (χ2n) is 8.43. The van der Waals surface area contributed by atoms with Crippen molar-refractivity contribution in [2.45, 2.75) is 31.9 Å². The van der Waals surface area contributed by atoms with Crippen LogP contribution in [0.5, 0.6) is 0 Å². The molecule has 0 spiro atoms. The number of aromatic nitrogens is 3. The van der Waals surface area contributed by atoms with Crippen molar-refractivity contribution in [1.29, 1.82) is 5.26 Å². The van der Waals surface area contributed by atoms with Gasteiger partial charge in [0.25, 0.3) is 5.91 Å². The summed E-state index contributed by atoms with van der Waals surface area (Å²) in [6, 6.07) is 6.48. The van der Waals surface area contributed by atoms with Gasteiger partial charge in [-0.05, 0) is 31.2 Å². The SMILES string of the molecule is N#C[C@@]1(C2CC2)CCN(c2ccnc(Nc3cc(C(=O)NC4COC4)n(C(F)F)n3)c2)C1=O. The molecule has 3 aliphatic rings. The van der Waals surface area contributed by atoms with Crippen molar-refractivity contribution >= 4 is 29.1 Å². The number of amides is 2. The zero-order valence-electron chi connectivity index (χ0n) is 17.5. The van der Waals surface area contributed by atoms with E-state index in [0.29, 0.717) is 36.5 Å². The van der Waals surface area contributed by atoms with E-state index in [0.717, 1.165) is 12.8 Å². The average Bonchev–Trinajstić information content (AvgIpc) is 3.45. The van der Waals surface area contributed by atoms with E-state index < -0.39 is 17.9 Å². The summed E-state index contributed by atoms with van der Waals surface area (Å²) < 4.78 is 32.2. The molecule has 2 aliphatic heterocycles. The molecule has 10 nitrogen and oxygen atoms in total. The third-order valence-electron chi connectivity index (χ3n) is 6.27. The summed E-state index contributed by atoms with van der Waals surface area (Å²) in [6.07, 6.45) is 3.71. The maximum absolute atomic E-state index is 13.4. The Bertz CT molecular complexity index is 1140. The third kappa shape index (κ3) is 3.78. The Morgan fingerprint density at radius 2 is 2.09 bits per heavy atom. The lowest BCUT2D eigenvalue weighted by molar-refractivity contribution is -0.123. The molecule has 0 aromatic carbocycles. The Morgan fingerprint density at radius 1 is 1.30 bits per heavy atom. The highest BCUT2D eigenvalue weighted by molar-refractivity contribution is 6.02. The highest BCUT2D eigenvalue weighted by atomic mass is 19.3. The number of pyridine rings is 1. The summed E-state index contributed by atoms with van der Waals surface area (Å²) in [4.78, 5) is 31.1. The summed E-state index contributed by atoms with van der Waals surface area (Å²) in [6.45, 7) is -1.93. The van der Waals surface area contributed by atoms with Crippen LogP contribution in [-0.2, 0) is 9.53 Å². The molecule has 2 saturated heterocycles. The maximum Gasteiger partial charge on any atom is 0.334 e. The van der Waals surface area contributed by atoms with E-state index in [1.54, 1.807) is 17.0 Å². The topological polar surface area (TPSA) is 125 Å². The molecule has 1 aliphatic carbocycles. The first kappa shape index (κ1) is 21.3. The van der Waals surface area contributed by atoms with Gasteiger partial charge in [0.05, 0.1) is 25.3 Å². The molecular weight excluding hydrogens is 436 g/mol. The van der Waals surface area contributed by atoms with Gasteiger partial charge in [-0.3, -0.25) is 9.59 Å². The maximum atomic E-state index is 13.4. The van der Waals surface area contributed by atoms with Gasteiger partial charge in [0.2, 0.25) is 5.91 Å². The van der Waals surface area contributed by atoms with E-state index in [-0.39, 0.29) is 35.2 Å². The van der Waals surface area contributed by atoms with Crippen molar-refractivity contribution < 1.29 is 23.1 Å². The molecular formula is C21H21F2N7O3. The smallest absolute Gasteiger partial charge is 0.334 e. The van der Waals surface area contributed by atoms with Crippen LogP contribution >= 0.6 is 0 Å². The minimum atomic E-state index is -3.01. The zero-order chi connectivity index (χ0) is 23.2. The fourth-order valence-corrected chi connectivity index (χ4v) is 4.27. The minimum Gasteiger partial charge on any atom is -0.377 e. The standard InChI is InChI=1S/C21H21F2N7O3/c22-20(23)30-15(18(31)26-13-9-33-10-13)8-17(28-30)27-16-7-14(3-5-25-16)29-6-4-21(11-24,19(29)32)12-1-2-12/h3,5,7-8,12-13,20H,1-2,4,6,9-10H2,(H,26,31)(H,25,27,28)/t21-/m1/s1. The molecule has 2 aromatic rings. The minimum absolute atomic E-state index is 0.00654. The molecule has 2 amide bonds. The second kappa shape index (κ2) is 8.08. The number of carbonyl (C=O) groups is 2. The van der Waals surface area contributed by atoms with Crippen LogP contribution in [0.15, 0.2) is 24.4 Å². The van der Waals surface area contributed by atoms with Crippen LogP contribution in [-0.4, -0.2) is 52.4 Å². The lowest BCUT2D eigenvalue weighted by atomic mass is 9.83. The van der Waals surface area contributed by atoms with E-state index in [1.807, 2.05) is 0 Å². The van der Waals surface area contributed by atoms with Gasteiger partial charge in [0.15, 0.2) is 5.82 Å². The number of nitrogens with one attached hydrogen (secondary N) is 2. The van der Waals surface area contributed by atoms with Gasteiger partial charge in [-0.25, -0.2) is 4.98 Å². The predicted molar refractivity (Wildman–Crippen MR) is 111 cm³/mol. The lowest BCUT2D eigenvalue weighted by Gasteiger charge is -2.26. The van der Waals surface area contributed by atoms with Gasteiger partial charge in [0, 0.05) is 30.6 Å². The van der Waals surface area contributed by atoms with E-state index in [2.05, 4.69) is 26.8 Å². The number of nitrogens with zero attached hydrogens (tertiary/aromatic N) is 5.